The highest BCUT2D eigenvalue weighted by Gasteiger charge is 2.26. The lowest BCUT2D eigenvalue weighted by molar-refractivity contribution is -0.165. The maximum Gasteiger partial charge on any atom is 0.412 e. The van der Waals surface area contributed by atoms with E-state index in [0.29, 0.717) is 6.42 Å². The second kappa shape index (κ2) is 11.6. The van der Waals surface area contributed by atoms with Crippen LogP contribution >= 0.6 is 7.37 Å². The molecule has 0 aromatic rings. The van der Waals surface area contributed by atoms with Crippen LogP contribution in [0.15, 0.2) is 0 Å². The monoisotopic (exact) mass is 393 g/mol. The number of amides is 1. The number of rotatable bonds is 10. The quantitative estimate of drug-likeness (QED) is 0.296. The first kappa shape index (κ1) is 22.9. The Hall–Kier alpha value is -1.11. The van der Waals surface area contributed by atoms with Crippen LogP contribution in [0.25, 0.3) is 0 Å². The normalized spacial score (nSPS) is 19.8. The number of carbonyl (C=O) groups excluding carboxylic acids is 2. The molecular weight excluding hydrogens is 361 g/mol. The van der Waals surface area contributed by atoms with E-state index < -0.39 is 31.9 Å². The molecule has 1 rings (SSSR count). The van der Waals surface area contributed by atoms with Gasteiger partial charge in [-0.1, -0.05) is 26.2 Å². The van der Waals surface area contributed by atoms with Crippen molar-refractivity contribution in [1.29, 1.82) is 0 Å². The lowest BCUT2D eigenvalue weighted by Crippen LogP contribution is -2.38. The molecule has 0 saturated heterocycles. The van der Waals surface area contributed by atoms with E-state index in [1.165, 1.54) is 13.3 Å². The molecule has 152 valence electrons. The van der Waals surface area contributed by atoms with Crippen molar-refractivity contribution in [3.8, 4) is 0 Å². The minimum Gasteiger partial charge on any atom is -0.425 e. The first-order chi connectivity index (χ1) is 12.2. The summed E-state index contributed by atoms with van der Waals surface area (Å²) in [7, 11) is -3.33. The van der Waals surface area contributed by atoms with Crippen LogP contribution < -0.4 is 5.32 Å². The van der Waals surface area contributed by atoms with Crippen molar-refractivity contribution in [3.05, 3.63) is 0 Å². The van der Waals surface area contributed by atoms with Gasteiger partial charge in [0.1, 0.15) is 6.23 Å². The van der Waals surface area contributed by atoms with E-state index in [9.17, 15) is 24.2 Å². The Labute approximate surface area is 155 Å². The van der Waals surface area contributed by atoms with Gasteiger partial charge in [0.25, 0.3) is 0 Å². The molecule has 0 aromatic carbocycles. The summed E-state index contributed by atoms with van der Waals surface area (Å²) in [5, 5.41) is 12.0. The van der Waals surface area contributed by atoms with Crippen molar-refractivity contribution >= 4 is 19.4 Å². The summed E-state index contributed by atoms with van der Waals surface area (Å²) in [6.07, 6.45) is 3.04. The third-order valence-corrected chi connectivity index (χ3v) is 6.37. The molecule has 8 nitrogen and oxygen atoms in total. The van der Waals surface area contributed by atoms with Gasteiger partial charge < -0.3 is 19.5 Å². The van der Waals surface area contributed by atoms with Crippen LogP contribution in [0.5, 0.6) is 0 Å². The molecule has 0 heterocycles. The fourth-order valence-corrected chi connectivity index (χ4v) is 5.06. The fourth-order valence-electron chi connectivity index (χ4n) is 3.05. The van der Waals surface area contributed by atoms with E-state index >= 15 is 0 Å². The van der Waals surface area contributed by atoms with Crippen LogP contribution in [0.3, 0.4) is 0 Å². The van der Waals surface area contributed by atoms with Gasteiger partial charge in [0, 0.05) is 32.1 Å². The third kappa shape index (κ3) is 10.1. The van der Waals surface area contributed by atoms with Crippen LogP contribution in [-0.4, -0.2) is 46.9 Å². The summed E-state index contributed by atoms with van der Waals surface area (Å²) in [5.74, 6) is -0.203. The Morgan fingerprint density at radius 1 is 1.23 bits per heavy atom. The molecule has 0 bridgehead atoms. The van der Waals surface area contributed by atoms with E-state index in [-0.39, 0.29) is 31.1 Å². The molecule has 9 heteroatoms. The van der Waals surface area contributed by atoms with Gasteiger partial charge in [-0.05, 0) is 25.2 Å². The average molecular weight is 393 g/mol. The van der Waals surface area contributed by atoms with Crippen molar-refractivity contribution in [2.75, 3.05) is 12.3 Å². The second-order valence-electron chi connectivity index (χ2n) is 6.92. The molecule has 1 aliphatic rings. The molecule has 1 amide bonds. The Balaban J connectivity index is 2.27. The highest BCUT2D eigenvalue weighted by Crippen LogP contribution is 2.46. The third-order valence-electron chi connectivity index (χ3n) is 4.33. The zero-order valence-electron chi connectivity index (χ0n) is 15.7. The highest BCUT2D eigenvalue weighted by molar-refractivity contribution is 7.58. The number of nitrogens with one attached hydrogen (secondary N) is 1. The van der Waals surface area contributed by atoms with Crippen LogP contribution in [0.1, 0.15) is 65.2 Å². The number of carbonyl (C=O) groups is 2. The van der Waals surface area contributed by atoms with Gasteiger partial charge in [0.2, 0.25) is 13.7 Å². The number of aliphatic hydroxyl groups is 1. The van der Waals surface area contributed by atoms with Crippen LogP contribution in [0.2, 0.25) is 0 Å². The number of esters is 1. The predicted octanol–water partition coefficient (Wildman–Crippen LogP) is 2.96. The number of hydrogen-bond donors (Lipinski definition) is 3. The van der Waals surface area contributed by atoms with Crippen LogP contribution in [0, 0.1) is 5.92 Å². The highest BCUT2D eigenvalue weighted by atomic mass is 31.2. The molecule has 1 fully saturated rings. The van der Waals surface area contributed by atoms with E-state index in [1.54, 1.807) is 0 Å². The molecule has 26 heavy (non-hydrogen) atoms. The van der Waals surface area contributed by atoms with Gasteiger partial charge in [0.05, 0.1) is 0 Å². The first-order valence-corrected chi connectivity index (χ1v) is 11.4. The molecule has 3 N–H and O–H groups in total. The molecule has 0 aliphatic heterocycles. The zero-order chi connectivity index (χ0) is 19.6. The maximum absolute atomic E-state index is 12.3. The summed E-state index contributed by atoms with van der Waals surface area (Å²) in [5.41, 5.74) is 0. The molecular formula is C17H32NO7P. The van der Waals surface area contributed by atoms with E-state index in [4.69, 9.17) is 9.47 Å². The largest absolute Gasteiger partial charge is 0.425 e. The smallest absolute Gasteiger partial charge is 0.412 e. The minimum atomic E-state index is -3.33. The van der Waals surface area contributed by atoms with Crippen molar-refractivity contribution in [2.24, 2.45) is 5.92 Å². The summed E-state index contributed by atoms with van der Waals surface area (Å²) in [4.78, 5) is 33.0. The maximum atomic E-state index is 12.3. The van der Waals surface area contributed by atoms with Gasteiger partial charge in [-0.2, -0.15) is 0 Å². The van der Waals surface area contributed by atoms with Crippen molar-refractivity contribution in [1.82, 2.24) is 5.32 Å². The topological polar surface area (TPSA) is 122 Å². The van der Waals surface area contributed by atoms with Crippen LogP contribution in [-0.2, 0) is 18.8 Å². The molecule has 3 unspecified atom stereocenters. The first-order valence-electron chi connectivity index (χ1n) is 9.37. The predicted molar refractivity (Wildman–Crippen MR) is 96.8 cm³/mol. The zero-order valence-corrected chi connectivity index (χ0v) is 16.6. The summed E-state index contributed by atoms with van der Waals surface area (Å²) in [6.45, 7) is 3.22. The van der Waals surface area contributed by atoms with E-state index in [0.717, 1.165) is 25.7 Å². The Bertz CT molecular complexity index is 494. The van der Waals surface area contributed by atoms with Crippen molar-refractivity contribution < 1.29 is 33.6 Å². The lowest BCUT2D eigenvalue weighted by atomic mass is 9.91. The number of aliphatic hydroxyl groups excluding tert-OH is 1. The molecule has 3 atom stereocenters. The lowest BCUT2D eigenvalue weighted by Gasteiger charge is -2.24. The van der Waals surface area contributed by atoms with Crippen molar-refractivity contribution in [2.45, 2.75) is 77.7 Å². The van der Waals surface area contributed by atoms with Gasteiger partial charge >= 0.3 is 12.1 Å². The number of alkyl carbamates (subject to hydrolysis) is 1. The molecule has 1 saturated carbocycles. The van der Waals surface area contributed by atoms with Gasteiger partial charge in [0.15, 0.2) is 0 Å². The fraction of sp³-hybridized carbons (Fsp3) is 0.882. The van der Waals surface area contributed by atoms with E-state index in [1.807, 2.05) is 6.92 Å². The second-order valence-corrected chi connectivity index (χ2v) is 9.42. The molecule has 0 radical (unpaired) electrons. The Morgan fingerprint density at radius 3 is 2.50 bits per heavy atom. The Kier molecular flexibility index (Phi) is 10.2. The van der Waals surface area contributed by atoms with Gasteiger partial charge in [-0.25, -0.2) is 4.79 Å². The number of hydrogen-bond acceptors (Lipinski definition) is 6. The van der Waals surface area contributed by atoms with Crippen molar-refractivity contribution in [3.63, 3.8) is 0 Å². The van der Waals surface area contributed by atoms with Gasteiger partial charge in [-0.3, -0.25) is 14.7 Å². The Morgan fingerprint density at radius 2 is 1.88 bits per heavy atom. The summed E-state index contributed by atoms with van der Waals surface area (Å²) in [6, 6.07) is 0. The molecule has 0 spiro atoms. The SMILES string of the molecule is CCCC(=O)OC(C)OC(=O)NC(O)CCP(=O)(O)CC1CCCCC1. The van der Waals surface area contributed by atoms with Gasteiger partial charge in [-0.15, -0.1) is 0 Å². The average Bonchev–Trinajstić information content (AvgIpc) is 2.53. The summed E-state index contributed by atoms with van der Waals surface area (Å²) >= 11 is 0. The standard InChI is InChI=1S/C17H32NO7P/c1-3-7-16(20)24-13(2)25-17(21)18-15(19)10-11-26(22,23)12-14-8-5-4-6-9-14/h13-15,19H,3-12H2,1-2H3,(H,18,21)(H,22,23). The molecule has 1 aliphatic carbocycles. The minimum absolute atomic E-state index is 0.0421. The van der Waals surface area contributed by atoms with Crippen LogP contribution in [0.4, 0.5) is 4.79 Å². The van der Waals surface area contributed by atoms with E-state index in [2.05, 4.69) is 5.32 Å². The number of ether oxygens (including phenoxy) is 2. The summed E-state index contributed by atoms with van der Waals surface area (Å²) < 4.78 is 21.9. The molecule has 0 aromatic heterocycles.